The largest absolute Gasteiger partial charge is 0.492 e. The van der Waals surface area contributed by atoms with Crippen molar-refractivity contribution < 1.29 is 13.9 Å². The Morgan fingerprint density at radius 3 is 2.71 bits per heavy atom. The summed E-state index contributed by atoms with van der Waals surface area (Å²) < 4.78 is 12.2. The van der Waals surface area contributed by atoms with Crippen LogP contribution in [-0.4, -0.2) is 47.0 Å². The van der Waals surface area contributed by atoms with E-state index in [0.29, 0.717) is 34.9 Å². The number of aromatic nitrogens is 2. The van der Waals surface area contributed by atoms with Gasteiger partial charge in [0.1, 0.15) is 12.4 Å². The van der Waals surface area contributed by atoms with Crippen molar-refractivity contribution in [2.75, 3.05) is 26.0 Å². The van der Waals surface area contributed by atoms with Crippen LogP contribution < -0.4 is 4.74 Å². The summed E-state index contributed by atoms with van der Waals surface area (Å²) in [6, 6.07) is 14.8. The maximum Gasteiger partial charge on any atom is 0.277 e. The monoisotopic (exact) mass is 481 g/mol. The molecule has 3 rings (SSSR count). The molecule has 0 aliphatic rings. The second-order valence-electron chi connectivity index (χ2n) is 5.76. The van der Waals surface area contributed by atoms with Gasteiger partial charge >= 0.3 is 0 Å². The SMILES string of the molecule is CN(CCOc1ccc(Br)cc1)C(=O)CSc1nnc(-c2ccccc2Cl)o1. The molecule has 0 N–H and O–H groups in total. The van der Waals surface area contributed by atoms with Gasteiger partial charge in [-0.3, -0.25) is 4.79 Å². The minimum Gasteiger partial charge on any atom is -0.492 e. The van der Waals surface area contributed by atoms with Crippen LogP contribution in [0.1, 0.15) is 0 Å². The van der Waals surface area contributed by atoms with Crippen LogP contribution in [0.4, 0.5) is 0 Å². The van der Waals surface area contributed by atoms with Gasteiger partial charge in [-0.2, -0.15) is 0 Å². The van der Waals surface area contributed by atoms with Crippen LogP contribution in [0, 0.1) is 0 Å². The molecular formula is C19H17BrClN3O3S. The molecule has 3 aromatic rings. The first-order valence-electron chi connectivity index (χ1n) is 8.36. The van der Waals surface area contributed by atoms with E-state index in [1.54, 1.807) is 24.1 Å². The number of hydrogen-bond donors (Lipinski definition) is 0. The van der Waals surface area contributed by atoms with Crippen LogP contribution in [0.25, 0.3) is 11.5 Å². The van der Waals surface area contributed by atoms with Crippen LogP contribution in [0.15, 0.2) is 62.6 Å². The second kappa shape index (κ2) is 9.95. The minimum absolute atomic E-state index is 0.0538. The molecule has 0 radical (unpaired) electrons. The highest BCUT2D eigenvalue weighted by molar-refractivity contribution is 9.10. The molecule has 0 saturated heterocycles. The Morgan fingerprint density at radius 1 is 1.21 bits per heavy atom. The number of thioether (sulfide) groups is 1. The Bertz CT molecular complexity index is 936. The highest BCUT2D eigenvalue weighted by Gasteiger charge is 2.15. The van der Waals surface area contributed by atoms with Gasteiger partial charge in [0, 0.05) is 11.5 Å². The van der Waals surface area contributed by atoms with Crippen LogP contribution in [0.5, 0.6) is 5.75 Å². The molecule has 6 nitrogen and oxygen atoms in total. The lowest BCUT2D eigenvalue weighted by Crippen LogP contribution is -2.32. The number of benzene rings is 2. The van der Waals surface area contributed by atoms with E-state index in [0.717, 1.165) is 10.2 Å². The molecule has 1 amide bonds. The summed E-state index contributed by atoms with van der Waals surface area (Å²) in [4.78, 5) is 13.9. The van der Waals surface area contributed by atoms with E-state index in [9.17, 15) is 4.79 Å². The zero-order chi connectivity index (χ0) is 19.9. The first-order valence-corrected chi connectivity index (χ1v) is 10.5. The standard InChI is InChI=1S/C19H17BrClN3O3S/c1-24(10-11-26-14-8-6-13(20)7-9-14)17(25)12-28-19-23-22-18(27-19)15-4-2-3-5-16(15)21/h2-9H,10-12H2,1H3. The molecule has 28 heavy (non-hydrogen) atoms. The van der Waals surface area contributed by atoms with E-state index >= 15 is 0 Å². The van der Waals surface area contributed by atoms with E-state index in [1.807, 2.05) is 36.4 Å². The number of carbonyl (C=O) groups is 1. The molecule has 0 spiro atoms. The van der Waals surface area contributed by atoms with Gasteiger partial charge in [-0.05, 0) is 36.4 Å². The number of likely N-dealkylation sites (N-methyl/N-ethyl adjacent to an activating group) is 1. The van der Waals surface area contributed by atoms with Gasteiger partial charge in [0.05, 0.1) is 22.9 Å². The maximum absolute atomic E-state index is 12.3. The van der Waals surface area contributed by atoms with Crippen LogP contribution in [0.2, 0.25) is 5.02 Å². The Morgan fingerprint density at radius 2 is 1.96 bits per heavy atom. The van der Waals surface area contributed by atoms with Gasteiger partial charge in [-0.25, -0.2) is 0 Å². The molecule has 0 atom stereocenters. The molecule has 0 fully saturated rings. The Hall–Kier alpha value is -2.03. The third-order valence-electron chi connectivity index (χ3n) is 3.76. The first-order chi connectivity index (χ1) is 13.5. The van der Waals surface area contributed by atoms with Crippen molar-refractivity contribution in [3.63, 3.8) is 0 Å². The number of carbonyl (C=O) groups excluding carboxylic acids is 1. The lowest BCUT2D eigenvalue weighted by molar-refractivity contribution is -0.127. The summed E-state index contributed by atoms with van der Waals surface area (Å²) in [7, 11) is 1.73. The Balaban J connectivity index is 1.44. The zero-order valence-corrected chi connectivity index (χ0v) is 18.1. The normalized spacial score (nSPS) is 10.7. The first kappa shape index (κ1) is 20.7. The van der Waals surface area contributed by atoms with Gasteiger partial charge in [0.15, 0.2) is 0 Å². The number of ether oxygens (including phenoxy) is 1. The topological polar surface area (TPSA) is 68.5 Å². The van der Waals surface area contributed by atoms with Gasteiger partial charge in [0.2, 0.25) is 11.8 Å². The van der Waals surface area contributed by atoms with Crippen molar-refractivity contribution in [1.29, 1.82) is 0 Å². The molecule has 1 aromatic heterocycles. The summed E-state index contributed by atoms with van der Waals surface area (Å²) in [6.45, 7) is 0.885. The van der Waals surface area contributed by atoms with Crippen LogP contribution >= 0.6 is 39.3 Å². The van der Waals surface area contributed by atoms with E-state index in [2.05, 4.69) is 26.1 Å². The number of nitrogens with zero attached hydrogens (tertiary/aromatic N) is 3. The van der Waals surface area contributed by atoms with E-state index in [4.69, 9.17) is 20.8 Å². The third-order valence-corrected chi connectivity index (χ3v) is 5.43. The highest BCUT2D eigenvalue weighted by atomic mass is 79.9. The lowest BCUT2D eigenvalue weighted by atomic mass is 10.2. The van der Waals surface area contributed by atoms with Crippen molar-refractivity contribution >= 4 is 45.2 Å². The molecule has 0 saturated carbocycles. The van der Waals surface area contributed by atoms with Crippen molar-refractivity contribution in [1.82, 2.24) is 15.1 Å². The summed E-state index contributed by atoms with van der Waals surface area (Å²) in [6.07, 6.45) is 0. The smallest absolute Gasteiger partial charge is 0.277 e. The molecule has 0 aliphatic heterocycles. The minimum atomic E-state index is -0.0538. The lowest BCUT2D eigenvalue weighted by Gasteiger charge is -2.16. The highest BCUT2D eigenvalue weighted by Crippen LogP contribution is 2.28. The predicted octanol–water partition coefficient (Wildman–Crippen LogP) is 4.78. The number of hydrogen-bond acceptors (Lipinski definition) is 6. The Kier molecular flexibility index (Phi) is 7.36. The second-order valence-corrected chi connectivity index (χ2v) is 8.01. The van der Waals surface area contributed by atoms with Crippen molar-refractivity contribution in [3.8, 4) is 17.2 Å². The molecular weight excluding hydrogens is 466 g/mol. The van der Waals surface area contributed by atoms with Crippen molar-refractivity contribution in [2.45, 2.75) is 5.22 Å². The zero-order valence-electron chi connectivity index (χ0n) is 15.0. The molecule has 0 unspecified atom stereocenters. The quantitative estimate of drug-likeness (QED) is 0.430. The van der Waals surface area contributed by atoms with E-state index in [-0.39, 0.29) is 11.7 Å². The molecule has 0 bridgehead atoms. The number of halogens is 2. The van der Waals surface area contributed by atoms with Gasteiger partial charge in [0.25, 0.3) is 5.22 Å². The van der Waals surface area contributed by atoms with E-state index in [1.165, 1.54) is 11.8 Å². The molecule has 9 heteroatoms. The molecule has 0 aliphatic carbocycles. The Labute approximate surface area is 180 Å². The van der Waals surface area contributed by atoms with Crippen LogP contribution in [0.3, 0.4) is 0 Å². The van der Waals surface area contributed by atoms with E-state index < -0.39 is 0 Å². The number of rotatable bonds is 8. The fraction of sp³-hybridized carbons (Fsp3) is 0.211. The molecule has 146 valence electrons. The van der Waals surface area contributed by atoms with Crippen molar-refractivity contribution in [3.05, 3.63) is 58.0 Å². The van der Waals surface area contributed by atoms with Gasteiger partial charge < -0.3 is 14.1 Å². The van der Waals surface area contributed by atoms with Crippen LogP contribution in [-0.2, 0) is 4.79 Å². The summed E-state index contributed by atoms with van der Waals surface area (Å²) in [5, 5.41) is 8.81. The fourth-order valence-corrected chi connectivity index (χ4v) is 3.39. The van der Waals surface area contributed by atoms with Gasteiger partial charge in [-0.1, -0.05) is 51.4 Å². The average Bonchev–Trinajstić information content (AvgIpc) is 3.16. The summed E-state index contributed by atoms with van der Waals surface area (Å²) in [5.41, 5.74) is 0.664. The summed E-state index contributed by atoms with van der Waals surface area (Å²) in [5.74, 6) is 1.23. The van der Waals surface area contributed by atoms with Crippen molar-refractivity contribution in [2.24, 2.45) is 0 Å². The maximum atomic E-state index is 12.3. The average molecular weight is 483 g/mol. The predicted molar refractivity (Wildman–Crippen MR) is 113 cm³/mol. The number of amides is 1. The molecule has 2 aromatic carbocycles. The third kappa shape index (κ3) is 5.73. The fourth-order valence-electron chi connectivity index (χ4n) is 2.20. The molecule has 1 heterocycles. The summed E-state index contributed by atoms with van der Waals surface area (Å²) >= 11 is 10.7. The van der Waals surface area contributed by atoms with Gasteiger partial charge in [-0.15, -0.1) is 10.2 Å².